The number of nitrogens with zero attached hydrogens (tertiary/aromatic N) is 1. The highest BCUT2D eigenvalue weighted by Gasteiger charge is 2.31. The van der Waals surface area contributed by atoms with Crippen molar-refractivity contribution in [1.29, 1.82) is 0 Å². The van der Waals surface area contributed by atoms with Crippen molar-refractivity contribution in [2.24, 2.45) is 5.92 Å². The summed E-state index contributed by atoms with van der Waals surface area (Å²) < 4.78 is 5.26. The van der Waals surface area contributed by atoms with Gasteiger partial charge in [0, 0.05) is 31.2 Å². The molecule has 0 aliphatic carbocycles. The highest BCUT2D eigenvalue weighted by atomic mass is 16.5. The van der Waals surface area contributed by atoms with E-state index in [9.17, 15) is 0 Å². The zero-order valence-corrected chi connectivity index (χ0v) is 14.1. The molecule has 1 heterocycles. The molecule has 1 aliphatic rings. The molecule has 1 aromatic rings. The molecule has 0 saturated carbocycles. The summed E-state index contributed by atoms with van der Waals surface area (Å²) >= 11 is 0. The summed E-state index contributed by atoms with van der Waals surface area (Å²) in [6, 6.07) is 10.2. The van der Waals surface area contributed by atoms with E-state index in [4.69, 9.17) is 4.74 Å². The zero-order chi connectivity index (χ0) is 15.4. The number of piperazine rings is 1. The first-order valence-corrected chi connectivity index (χ1v) is 8.19. The molecule has 0 spiro atoms. The second kappa shape index (κ2) is 7.28. The Kier molecular flexibility index (Phi) is 5.65. The molecule has 3 nitrogen and oxygen atoms in total. The van der Waals surface area contributed by atoms with Crippen molar-refractivity contribution in [3.63, 3.8) is 0 Å². The maximum absolute atomic E-state index is 5.26. The fourth-order valence-electron chi connectivity index (χ4n) is 3.22. The molecule has 3 atom stereocenters. The summed E-state index contributed by atoms with van der Waals surface area (Å²) in [5, 5.41) is 3.71. The van der Waals surface area contributed by atoms with Crippen molar-refractivity contribution in [1.82, 2.24) is 10.2 Å². The minimum Gasteiger partial charge on any atom is -0.497 e. The molecule has 1 aliphatic heterocycles. The molecule has 0 aromatic heterocycles. The van der Waals surface area contributed by atoms with Gasteiger partial charge in [0.05, 0.1) is 7.11 Å². The summed E-state index contributed by atoms with van der Waals surface area (Å²) in [4.78, 5) is 2.67. The quantitative estimate of drug-likeness (QED) is 0.898. The van der Waals surface area contributed by atoms with Gasteiger partial charge in [0.2, 0.25) is 0 Å². The van der Waals surface area contributed by atoms with Crippen LogP contribution in [0.15, 0.2) is 24.3 Å². The van der Waals surface area contributed by atoms with Crippen molar-refractivity contribution in [2.45, 2.75) is 52.2 Å². The van der Waals surface area contributed by atoms with E-state index < -0.39 is 0 Å². The van der Waals surface area contributed by atoms with E-state index in [0.29, 0.717) is 24.0 Å². The normalized spacial score (nSPS) is 25.0. The second-order valence-corrected chi connectivity index (χ2v) is 6.47. The van der Waals surface area contributed by atoms with Crippen LogP contribution >= 0.6 is 0 Å². The number of hydrogen-bond donors (Lipinski definition) is 1. The van der Waals surface area contributed by atoms with Crippen LogP contribution in [0.25, 0.3) is 0 Å². The summed E-state index contributed by atoms with van der Waals surface area (Å²) in [5.74, 6) is 1.60. The zero-order valence-electron chi connectivity index (χ0n) is 14.1. The van der Waals surface area contributed by atoms with Crippen LogP contribution in [-0.4, -0.2) is 37.2 Å². The second-order valence-electron chi connectivity index (χ2n) is 6.47. The van der Waals surface area contributed by atoms with Gasteiger partial charge in [-0.2, -0.15) is 0 Å². The Morgan fingerprint density at radius 1 is 1.24 bits per heavy atom. The SMILES string of the molecule is CCC1CNC(C(C)C)CN1C(C)c1ccc(OC)cc1. The molecule has 0 amide bonds. The van der Waals surface area contributed by atoms with Crippen LogP contribution in [0.2, 0.25) is 0 Å². The molecular weight excluding hydrogens is 260 g/mol. The van der Waals surface area contributed by atoms with Crippen LogP contribution in [0.3, 0.4) is 0 Å². The molecule has 3 unspecified atom stereocenters. The van der Waals surface area contributed by atoms with Gasteiger partial charge in [-0.05, 0) is 37.0 Å². The van der Waals surface area contributed by atoms with Gasteiger partial charge in [0.25, 0.3) is 0 Å². The van der Waals surface area contributed by atoms with Gasteiger partial charge in [0.15, 0.2) is 0 Å². The molecular formula is C18H30N2O. The van der Waals surface area contributed by atoms with E-state index in [0.717, 1.165) is 18.8 Å². The van der Waals surface area contributed by atoms with Crippen LogP contribution in [0, 0.1) is 5.92 Å². The molecule has 1 aromatic carbocycles. The lowest BCUT2D eigenvalue weighted by molar-refractivity contribution is 0.0736. The number of hydrogen-bond acceptors (Lipinski definition) is 3. The predicted molar refractivity (Wildman–Crippen MR) is 88.8 cm³/mol. The molecule has 1 fully saturated rings. The number of nitrogens with one attached hydrogen (secondary N) is 1. The molecule has 3 heteroatoms. The van der Waals surface area contributed by atoms with Gasteiger partial charge in [-0.15, -0.1) is 0 Å². The van der Waals surface area contributed by atoms with Gasteiger partial charge >= 0.3 is 0 Å². The van der Waals surface area contributed by atoms with Crippen LogP contribution in [0.1, 0.15) is 45.7 Å². The Morgan fingerprint density at radius 2 is 1.90 bits per heavy atom. The summed E-state index contributed by atoms with van der Waals surface area (Å²) in [6.07, 6.45) is 1.19. The average Bonchev–Trinajstić information content (AvgIpc) is 2.53. The summed E-state index contributed by atoms with van der Waals surface area (Å²) in [5.41, 5.74) is 1.37. The molecule has 21 heavy (non-hydrogen) atoms. The van der Waals surface area contributed by atoms with Crippen molar-refractivity contribution in [2.75, 3.05) is 20.2 Å². The fraction of sp³-hybridized carbons (Fsp3) is 0.667. The monoisotopic (exact) mass is 290 g/mol. The summed E-state index contributed by atoms with van der Waals surface area (Å²) in [6.45, 7) is 11.5. The smallest absolute Gasteiger partial charge is 0.118 e. The first kappa shape index (κ1) is 16.3. The van der Waals surface area contributed by atoms with Gasteiger partial charge in [-0.1, -0.05) is 32.9 Å². The lowest BCUT2D eigenvalue weighted by atomic mass is 9.95. The van der Waals surface area contributed by atoms with E-state index in [1.807, 2.05) is 0 Å². The maximum atomic E-state index is 5.26. The first-order valence-electron chi connectivity index (χ1n) is 8.19. The van der Waals surface area contributed by atoms with Gasteiger partial charge in [-0.3, -0.25) is 4.90 Å². The minimum atomic E-state index is 0.448. The number of rotatable bonds is 5. The van der Waals surface area contributed by atoms with Crippen LogP contribution in [0.4, 0.5) is 0 Å². The molecule has 118 valence electrons. The van der Waals surface area contributed by atoms with Crippen molar-refractivity contribution in [3.8, 4) is 5.75 Å². The van der Waals surface area contributed by atoms with E-state index in [2.05, 4.69) is 62.2 Å². The molecule has 0 bridgehead atoms. The Labute approximate surface area is 129 Å². The molecule has 1 N–H and O–H groups in total. The standard InChI is InChI=1S/C18H30N2O/c1-6-16-11-19-18(13(2)3)12-20(16)14(4)15-7-9-17(21-5)10-8-15/h7-10,13-14,16,18-19H,6,11-12H2,1-5H3. The predicted octanol–water partition coefficient (Wildman–Crippen LogP) is 3.46. The van der Waals surface area contributed by atoms with E-state index >= 15 is 0 Å². The lowest BCUT2D eigenvalue weighted by Crippen LogP contribution is -2.58. The van der Waals surface area contributed by atoms with E-state index in [1.54, 1.807) is 7.11 Å². The van der Waals surface area contributed by atoms with E-state index in [-0.39, 0.29) is 0 Å². The maximum Gasteiger partial charge on any atom is 0.118 e. The highest BCUT2D eigenvalue weighted by Crippen LogP contribution is 2.28. The van der Waals surface area contributed by atoms with Gasteiger partial charge < -0.3 is 10.1 Å². The van der Waals surface area contributed by atoms with Gasteiger partial charge in [0.1, 0.15) is 5.75 Å². The topological polar surface area (TPSA) is 24.5 Å². The largest absolute Gasteiger partial charge is 0.497 e. The summed E-state index contributed by atoms with van der Waals surface area (Å²) in [7, 11) is 1.72. The lowest BCUT2D eigenvalue weighted by Gasteiger charge is -2.45. The molecule has 0 radical (unpaired) electrons. The Balaban J connectivity index is 2.14. The number of ether oxygens (including phenoxy) is 1. The third-order valence-electron chi connectivity index (χ3n) is 4.86. The Morgan fingerprint density at radius 3 is 2.43 bits per heavy atom. The first-order chi connectivity index (χ1) is 10.1. The van der Waals surface area contributed by atoms with Crippen molar-refractivity contribution >= 4 is 0 Å². The van der Waals surface area contributed by atoms with E-state index in [1.165, 1.54) is 12.0 Å². The van der Waals surface area contributed by atoms with Crippen molar-refractivity contribution in [3.05, 3.63) is 29.8 Å². The minimum absolute atomic E-state index is 0.448. The Hall–Kier alpha value is -1.06. The van der Waals surface area contributed by atoms with Gasteiger partial charge in [-0.25, -0.2) is 0 Å². The third kappa shape index (κ3) is 3.78. The third-order valence-corrected chi connectivity index (χ3v) is 4.86. The molecule has 2 rings (SSSR count). The number of benzene rings is 1. The van der Waals surface area contributed by atoms with Crippen LogP contribution < -0.4 is 10.1 Å². The molecule has 1 saturated heterocycles. The van der Waals surface area contributed by atoms with Crippen molar-refractivity contribution < 1.29 is 4.74 Å². The Bertz CT molecular complexity index is 429. The number of methoxy groups -OCH3 is 1. The highest BCUT2D eigenvalue weighted by molar-refractivity contribution is 5.29. The van der Waals surface area contributed by atoms with Crippen LogP contribution in [0.5, 0.6) is 5.75 Å². The van der Waals surface area contributed by atoms with Crippen LogP contribution in [-0.2, 0) is 0 Å². The fourth-order valence-corrected chi connectivity index (χ4v) is 3.22. The average molecular weight is 290 g/mol.